The number of carbonyl (C=O) groups excluding carboxylic acids is 1. The van der Waals surface area contributed by atoms with E-state index >= 15 is 0 Å². The van der Waals surface area contributed by atoms with Gasteiger partial charge in [0.15, 0.2) is 0 Å². The van der Waals surface area contributed by atoms with Crippen LogP contribution in [0.4, 0.5) is 0 Å². The molecular formula is C14H22O3S. The Morgan fingerprint density at radius 1 is 1.28 bits per heavy atom. The fraction of sp³-hybridized carbons (Fsp3) is 0.643. The Morgan fingerprint density at radius 3 is 2.61 bits per heavy atom. The first-order valence-electron chi connectivity index (χ1n) is 6.32. The van der Waals surface area contributed by atoms with E-state index in [1.54, 1.807) is 0 Å². The zero-order valence-electron chi connectivity index (χ0n) is 11.6. The van der Waals surface area contributed by atoms with Crippen LogP contribution in [0.2, 0.25) is 0 Å². The Labute approximate surface area is 113 Å². The standard InChI is InChI=1S/C14H22O3S/c1-5-6-11-7-8-12(18-11)13(15)16-9-10-17-14(2,3)4/h7-8H,5-6,9-10H2,1-4H3. The molecule has 0 saturated heterocycles. The molecule has 1 aromatic heterocycles. The molecule has 0 unspecified atom stereocenters. The Balaban J connectivity index is 2.31. The van der Waals surface area contributed by atoms with Gasteiger partial charge in [0, 0.05) is 4.88 Å². The first-order valence-corrected chi connectivity index (χ1v) is 7.14. The van der Waals surface area contributed by atoms with Gasteiger partial charge in [-0.3, -0.25) is 0 Å². The summed E-state index contributed by atoms with van der Waals surface area (Å²) < 4.78 is 10.6. The van der Waals surface area contributed by atoms with E-state index in [9.17, 15) is 4.79 Å². The molecule has 1 rings (SSSR count). The van der Waals surface area contributed by atoms with E-state index in [0.717, 1.165) is 12.8 Å². The maximum atomic E-state index is 11.7. The van der Waals surface area contributed by atoms with E-state index in [4.69, 9.17) is 9.47 Å². The third kappa shape index (κ3) is 5.65. The summed E-state index contributed by atoms with van der Waals surface area (Å²) in [7, 11) is 0. The number of thiophene rings is 1. The van der Waals surface area contributed by atoms with E-state index < -0.39 is 0 Å². The van der Waals surface area contributed by atoms with E-state index in [2.05, 4.69) is 6.92 Å². The smallest absolute Gasteiger partial charge is 0.348 e. The maximum absolute atomic E-state index is 11.7. The summed E-state index contributed by atoms with van der Waals surface area (Å²) in [5, 5.41) is 0. The summed E-state index contributed by atoms with van der Waals surface area (Å²) >= 11 is 1.51. The van der Waals surface area contributed by atoms with Crippen LogP contribution in [0.5, 0.6) is 0 Å². The second kappa shape index (κ2) is 6.90. The molecule has 0 bridgehead atoms. The molecular weight excluding hydrogens is 248 g/mol. The van der Waals surface area contributed by atoms with E-state index in [-0.39, 0.29) is 11.6 Å². The summed E-state index contributed by atoms with van der Waals surface area (Å²) in [5.74, 6) is -0.250. The van der Waals surface area contributed by atoms with Crippen LogP contribution in [0.15, 0.2) is 12.1 Å². The minimum absolute atomic E-state index is 0.191. The topological polar surface area (TPSA) is 35.5 Å². The van der Waals surface area contributed by atoms with Gasteiger partial charge in [-0.25, -0.2) is 4.79 Å². The van der Waals surface area contributed by atoms with Gasteiger partial charge in [0.2, 0.25) is 0 Å². The van der Waals surface area contributed by atoms with E-state index in [1.165, 1.54) is 16.2 Å². The summed E-state index contributed by atoms with van der Waals surface area (Å²) in [6, 6.07) is 3.83. The summed E-state index contributed by atoms with van der Waals surface area (Å²) in [6.45, 7) is 8.79. The number of aryl methyl sites for hydroxylation is 1. The third-order valence-electron chi connectivity index (χ3n) is 2.21. The van der Waals surface area contributed by atoms with Crippen molar-refractivity contribution in [3.05, 3.63) is 21.9 Å². The maximum Gasteiger partial charge on any atom is 0.348 e. The van der Waals surface area contributed by atoms with Crippen molar-refractivity contribution < 1.29 is 14.3 Å². The van der Waals surface area contributed by atoms with E-state index in [0.29, 0.717) is 18.1 Å². The van der Waals surface area contributed by atoms with Crippen molar-refractivity contribution in [2.45, 2.75) is 46.1 Å². The lowest BCUT2D eigenvalue weighted by atomic mass is 10.2. The van der Waals surface area contributed by atoms with Crippen LogP contribution < -0.4 is 0 Å². The van der Waals surface area contributed by atoms with Crippen LogP contribution >= 0.6 is 11.3 Å². The molecule has 1 aromatic rings. The Morgan fingerprint density at radius 2 is 2.00 bits per heavy atom. The van der Waals surface area contributed by atoms with Gasteiger partial charge in [0.1, 0.15) is 11.5 Å². The van der Waals surface area contributed by atoms with Crippen molar-refractivity contribution in [3.63, 3.8) is 0 Å². The molecule has 0 aliphatic heterocycles. The zero-order chi connectivity index (χ0) is 13.6. The number of carbonyl (C=O) groups is 1. The van der Waals surface area contributed by atoms with Crippen molar-refractivity contribution in [2.24, 2.45) is 0 Å². The minimum atomic E-state index is -0.250. The van der Waals surface area contributed by atoms with Crippen LogP contribution in [-0.2, 0) is 15.9 Å². The molecule has 0 amide bonds. The molecule has 0 aliphatic carbocycles. The highest BCUT2D eigenvalue weighted by Crippen LogP contribution is 2.18. The number of esters is 1. The van der Waals surface area contributed by atoms with Gasteiger partial charge in [-0.2, -0.15) is 0 Å². The molecule has 0 atom stereocenters. The average Bonchev–Trinajstić information content (AvgIpc) is 2.72. The second-order valence-corrected chi connectivity index (χ2v) is 6.28. The van der Waals surface area contributed by atoms with Crippen molar-refractivity contribution in [1.29, 1.82) is 0 Å². The molecule has 0 aromatic carbocycles. The van der Waals surface area contributed by atoms with Crippen LogP contribution in [0, 0.1) is 0 Å². The number of hydrogen-bond acceptors (Lipinski definition) is 4. The highest BCUT2D eigenvalue weighted by atomic mass is 32.1. The highest BCUT2D eigenvalue weighted by molar-refractivity contribution is 7.13. The SMILES string of the molecule is CCCc1ccc(C(=O)OCCOC(C)(C)C)s1. The lowest BCUT2D eigenvalue weighted by Gasteiger charge is -2.19. The summed E-state index contributed by atoms with van der Waals surface area (Å²) in [6.07, 6.45) is 2.11. The van der Waals surface area contributed by atoms with Crippen molar-refractivity contribution in [2.75, 3.05) is 13.2 Å². The lowest BCUT2D eigenvalue weighted by Crippen LogP contribution is -2.22. The van der Waals surface area contributed by atoms with Gasteiger partial charge < -0.3 is 9.47 Å². The predicted molar refractivity (Wildman–Crippen MR) is 74.3 cm³/mol. The third-order valence-corrected chi connectivity index (χ3v) is 3.34. The summed E-state index contributed by atoms with van der Waals surface area (Å²) in [5.41, 5.74) is -0.191. The highest BCUT2D eigenvalue weighted by Gasteiger charge is 2.12. The molecule has 0 fully saturated rings. The van der Waals surface area contributed by atoms with Crippen molar-refractivity contribution in [3.8, 4) is 0 Å². The number of hydrogen-bond donors (Lipinski definition) is 0. The molecule has 3 nitrogen and oxygen atoms in total. The van der Waals surface area contributed by atoms with Crippen LogP contribution in [0.25, 0.3) is 0 Å². The van der Waals surface area contributed by atoms with Gasteiger partial charge in [0.25, 0.3) is 0 Å². The van der Waals surface area contributed by atoms with Crippen LogP contribution in [0.3, 0.4) is 0 Å². The fourth-order valence-electron chi connectivity index (χ4n) is 1.42. The van der Waals surface area contributed by atoms with Crippen molar-refractivity contribution >= 4 is 17.3 Å². The van der Waals surface area contributed by atoms with Gasteiger partial charge >= 0.3 is 5.97 Å². The minimum Gasteiger partial charge on any atom is -0.459 e. The number of ether oxygens (including phenoxy) is 2. The Kier molecular flexibility index (Phi) is 5.82. The van der Waals surface area contributed by atoms with Gasteiger partial charge in [-0.05, 0) is 39.3 Å². The average molecular weight is 270 g/mol. The van der Waals surface area contributed by atoms with Gasteiger partial charge in [-0.15, -0.1) is 11.3 Å². The van der Waals surface area contributed by atoms with Crippen LogP contribution in [-0.4, -0.2) is 24.8 Å². The zero-order valence-corrected chi connectivity index (χ0v) is 12.4. The van der Waals surface area contributed by atoms with Crippen molar-refractivity contribution in [1.82, 2.24) is 0 Å². The molecule has 0 aliphatic rings. The number of rotatable bonds is 6. The molecule has 1 heterocycles. The van der Waals surface area contributed by atoms with E-state index in [1.807, 2.05) is 32.9 Å². The molecule has 4 heteroatoms. The molecule has 102 valence electrons. The molecule has 0 saturated carbocycles. The normalized spacial score (nSPS) is 11.6. The fourth-order valence-corrected chi connectivity index (χ4v) is 2.42. The Hall–Kier alpha value is -0.870. The lowest BCUT2D eigenvalue weighted by molar-refractivity contribution is -0.0280. The first-order chi connectivity index (χ1) is 8.42. The molecule has 0 N–H and O–H groups in total. The molecule has 18 heavy (non-hydrogen) atoms. The quantitative estimate of drug-likeness (QED) is 0.584. The van der Waals surface area contributed by atoms with Gasteiger partial charge in [0.05, 0.1) is 12.2 Å². The molecule has 0 radical (unpaired) electrons. The second-order valence-electron chi connectivity index (χ2n) is 5.11. The largest absolute Gasteiger partial charge is 0.459 e. The molecule has 0 spiro atoms. The van der Waals surface area contributed by atoms with Gasteiger partial charge in [-0.1, -0.05) is 13.3 Å². The predicted octanol–water partition coefficient (Wildman–Crippen LogP) is 3.67. The monoisotopic (exact) mass is 270 g/mol. The first kappa shape index (κ1) is 15.2. The Bertz CT molecular complexity index is 377. The summed E-state index contributed by atoms with van der Waals surface area (Å²) in [4.78, 5) is 13.6. The van der Waals surface area contributed by atoms with Crippen LogP contribution in [0.1, 0.15) is 48.7 Å².